The minimum absolute atomic E-state index is 0.375. The molecule has 9 nitrogen and oxygen atoms in total. The SMILES string of the molecule is CN(N)CC(O)c1ccc2c(c1)OCCO2.O=C(O)/C=C\C(=O)O. The van der Waals surface area contributed by atoms with E-state index in [0.29, 0.717) is 37.7 Å². The third-order valence-corrected chi connectivity index (χ3v) is 2.78. The van der Waals surface area contributed by atoms with Crippen LogP contribution in [0.5, 0.6) is 11.5 Å². The van der Waals surface area contributed by atoms with Crippen molar-refractivity contribution in [2.24, 2.45) is 5.84 Å². The van der Waals surface area contributed by atoms with E-state index < -0.39 is 18.0 Å². The van der Waals surface area contributed by atoms with Crippen molar-refractivity contribution < 1.29 is 34.4 Å². The number of aliphatic hydroxyl groups is 1. The molecule has 24 heavy (non-hydrogen) atoms. The van der Waals surface area contributed by atoms with Crippen molar-refractivity contribution in [2.45, 2.75) is 6.10 Å². The first-order valence-corrected chi connectivity index (χ1v) is 6.97. The van der Waals surface area contributed by atoms with E-state index in [9.17, 15) is 14.7 Å². The number of carboxylic acids is 2. The van der Waals surface area contributed by atoms with Crippen LogP contribution in [-0.4, -0.2) is 59.1 Å². The van der Waals surface area contributed by atoms with Crippen LogP contribution in [0.15, 0.2) is 30.4 Å². The fraction of sp³-hybridized carbons (Fsp3) is 0.333. The Morgan fingerprint density at radius 3 is 2.25 bits per heavy atom. The highest BCUT2D eigenvalue weighted by Crippen LogP contribution is 2.32. The number of benzene rings is 1. The van der Waals surface area contributed by atoms with Gasteiger partial charge in [-0.05, 0) is 17.7 Å². The lowest BCUT2D eigenvalue weighted by molar-refractivity contribution is -0.134. The van der Waals surface area contributed by atoms with Gasteiger partial charge in [-0.3, -0.25) is 5.84 Å². The number of aliphatic carboxylic acids is 2. The van der Waals surface area contributed by atoms with E-state index >= 15 is 0 Å². The molecule has 1 atom stereocenters. The predicted molar refractivity (Wildman–Crippen MR) is 83.6 cm³/mol. The van der Waals surface area contributed by atoms with Crippen molar-refractivity contribution in [3.8, 4) is 11.5 Å². The number of hydrogen-bond acceptors (Lipinski definition) is 7. The molecule has 0 radical (unpaired) electrons. The number of nitrogens with zero attached hydrogens (tertiary/aromatic N) is 1. The van der Waals surface area contributed by atoms with Crippen molar-refractivity contribution in [2.75, 3.05) is 26.8 Å². The van der Waals surface area contributed by atoms with Crippen molar-refractivity contribution in [3.05, 3.63) is 35.9 Å². The molecule has 0 saturated carbocycles. The largest absolute Gasteiger partial charge is 0.486 e. The quantitative estimate of drug-likeness (QED) is 0.331. The molecule has 0 aliphatic carbocycles. The maximum absolute atomic E-state index is 9.87. The first-order valence-electron chi connectivity index (χ1n) is 6.97. The van der Waals surface area contributed by atoms with E-state index in [1.54, 1.807) is 13.1 Å². The summed E-state index contributed by atoms with van der Waals surface area (Å²) in [6, 6.07) is 5.42. The second kappa shape index (κ2) is 9.50. The van der Waals surface area contributed by atoms with Crippen LogP contribution in [0.25, 0.3) is 0 Å². The Hall–Kier alpha value is -2.62. The summed E-state index contributed by atoms with van der Waals surface area (Å²) in [5.74, 6) is 4.38. The zero-order valence-electron chi connectivity index (χ0n) is 13.1. The van der Waals surface area contributed by atoms with Crippen LogP contribution in [0.2, 0.25) is 0 Å². The summed E-state index contributed by atoms with van der Waals surface area (Å²) in [6.45, 7) is 1.49. The average molecular weight is 340 g/mol. The summed E-state index contributed by atoms with van der Waals surface area (Å²) in [4.78, 5) is 19.1. The lowest BCUT2D eigenvalue weighted by Crippen LogP contribution is -2.30. The predicted octanol–water partition coefficient (Wildman–Crippen LogP) is 0.00850. The highest BCUT2D eigenvalue weighted by molar-refractivity contribution is 5.89. The monoisotopic (exact) mass is 340 g/mol. The highest BCUT2D eigenvalue weighted by Gasteiger charge is 2.15. The number of ether oxygens (including phenoxy) is 2. The van der Waals surface area contributed by atoms with Gasteiger partial charge >= 0.3 is 11.9 Å². The second-order valence-electron chi connectivity index (χ2n) is 4.87. The molecule has 1 aliphatic rings. The molecule has 1 aromatic rings. The molecule has 1 aliphatic heterocycles. The first-order chi connectivity index (χ1) is 11.3. The van der Waals surface area contributed by atoms with Crippen molar-refractivity contribution in [1.29, 1.82) is 0 Å². The Bertz CT molecular complexity index is 585. The lowest BCUT2D eigenvalue weighted by Gasteiger charge is -2.21. The summed E-state index contributed by atoms with van der Waals surface area (Å²) in [6.07, 6.45) is 0.496. The first kappa shape index (κ1) is 19.4. The molecule has 1 heterocycles. The van der Waals surface area contributed by atoms with Crippen LogP contribution in [0.3, 0.4) is 0 Å². The normalized spacial score (nSPS) is 14.0. The standard InChI is InChI=1S/C11H16N2O3.C4H4O4/c1-13(12)7-9(14)8-2-3-10-11(6-8)16-5-4-15-10;5-3(6)1-2-4(7)8/h2-3,6,9,14H,4-5,7,12H2,1H3;1-2H,(H,5,6)(H,7,8)/b;2-1-. The summed E-state index contributed by atoms with van der Waals surface area (Å²) in [5, 5.41) is 26.9. The van der Waals surface area contributed by atoms with E-state index in [4.69, 9.17) is 25.5 Å². The van der Waals surface area contributed by atoms with Crippen LogP contribution in [0, 0.1) is 0 Å². The molecule has 0 bridgehead atoms. The second-order valence-corrected chi connectivity index (χ2v) is 4.87. The van der Waals surface area contributed by atoms with Gasteiger partial charge in [0.2, 0.25) is 0 Å². The minimum Gasteiger partial charge on any atom is -0.486 e. The van der Waals surface area contributed by atoms with E-state index in [-0.39, 0.29) is 0 Å². The Morgan fingerprint density at radius 2 is 1.75 bits per heavy atom. The lowest BCUT2D eigenvalue weighted by atomic mass is 10.1. The van der Waals surface area contributed by atoms with Gasteiger partial charge in [-0.2, -0.15) is 0 Å². The van der Waals surface area contributed by atoms with Gasteiger partial charge in [0.05, 0.1) is 6.10 Å². The van der Waals surface area contributed by atoms with Crippen LogP contribution in [0.4, 0.5) is 0 Å². The number of nitrogens with two attached hydrogens (primary N) is 1. The van der Waals surface area contributed by atoms with Gasteiger partial charge in [0.15, 0.2) is 11.5 Å². The van der Waals surface area contributed by atoms with Crippen molar-refractivity contribution in [3.63, 3.8) is 0 Å². The Morgan fingerprint density at radius 1 is 1.21 bits per heavy atom. The molecule has 0 aromatic heterocycles. The van der Waals surface area contributed by atoms with Gasteiger partial charge in [-0.15, -0.1) is 0 Å². The molecule has 2 rings (SSSR count). The Kier molecular flexibility index (Phi) is 7.69. The topological polar surface area (TPSA) is 143 Å². The van der Waals surface area contributed by atoms with Crippen LogP contribution >= 0.6 is 0 Å². The van der Waals surface area contributed by atoms with Gasteiger partial charge < -0.3 is 24.8 Å². The zero-order valence-corrected chi connectivity index (χ0v) is 13.1. The van der Waals surface area contributed by atoms with Gasteiger partial charge in [-0.25, -0.2) is 14.6 Å². The van der Waals surface area contributed by atoms with Crippen LogP contribution in [-0.2, 0) is 9.59 Å². The molecule has 1 aromatic carbocycles. The third-order valence-electron chi connectivity index (χ3n) is 2.78. The molecular weight excluding hydrogens is 320 g/mol. The summed E-state index contributed by atoms with van der Waals surface area (Å²) in [5.41, 5.74) is 0.779. The number of likely N-dealkylation sites (N-methyl/N-ethyl adjacent to an activating group) is 1. The average Bonchev–Trinajstić information content (AvgIpc) is 2.52. The van der Waals surface area contributed by atoms with Gasteiger partial charge in [0, 0.05) is 25.7 Å². The smallest absolute Gasteiger partial charge is 0.328 e. The maximum atomic E-state index is 9.87. The number of carbonyl (C=O) groups is 2. The van der Waals surface area contributed by atoms with Crippen molar-refractivity contribution >= 4 is 11.9 Å². The molecular formula is C15H20N2O7. The zero-order chi connectivity index (χ0) is 18.1. The molecule has 0 saturated heterocycles. The van der Waals surface area contributed by atoms with Crippen molar-refractivity contribution in [1.82, 2.24) is 5.01 Å². The van der Waals surface area contributed by atoms with E-state index in [2.05, 4.69) is 0 Å². The molecule has 132 valence electrons. The number of hydrazine groups is 1. The molecule has 5 N–H and O–H groups in total. The number of fused-ring (bicyclic) bond motifs is 1. The van der Waals surface area contributed by atoms with E-state index in [1.807, 2.05) is 12.1 Å². The fourth-order valence-corrected chi connectivity index (χ4v) is 1.79. The summed E-state index contributed by atoms with van der Waals surface area (Å²) < 4.78 is 10.8. The van der Waals surface area contributed by atoms with E-state index in [1.165, 1.54) is 5.01 Å². The fourth-order valence-electron chi connectivity index (χ4n) is 1.79. The van der Waals surface area contributed by atoms with E-state index in [0.717, 1.165) is 11.3 Å². The number of hydrogen-bond donors (Lipinski definition) is 4. The highest BCUT2D eigenvalue weighted by atomic mass is 16.6. The molecule has 0 amide bonds. The molecule has 9 heteroatoms. The Balaban J connectivity index is 0.000000307. The van der Waals surface area contributed by atoms with Gasteiger partial charge in [0.25, 0.3) is 0 Å². The number of carboxylic acid groups (broad SMARTS) is 2. The van der Waals surface area contributed by atoms with Gasteiger partial charge in [-0.1, -0.05) is 6.07 Å². The maximum Gasteiger partial charge on any atom is 0.328 e. The summed E-state index contributed by atoms with van der Waals surface area (Å²) in [7, 11) is 1.71. The summed E-state index contributed by atoms with van der Waals surface area (Å²) >= 11 is 0. The number of aliphatic hydroxyl groups excluding tert-OH is 1. The molecule has 1 unspecified atom stereocenters. The van der Waals surface area contributed by atoms with Crippen LogP contribution in [0.1, 0.15) is 11.7 Å². The van der Waals surface area contributed by atoms with Gasteiger partial charge in [0.1, 0.15) is 13.2 Å². The third kappa shape index (κ3) is 7.09. The minimum atomic E-state index is -1.26. The molecule has 0 spiro atoms. The Labute approximate surface area is 138 Å². The molecule has 0 fully saturated rings. The van der Waals surface area contributed by atoms with Crippen LogP contribution < -0.4 is 15.3 Å². The number of rotatable bonds is 5.